The number of nitrogens with zero attached hydrogens (tertiary/aromatic N) is 3. The number of amides is 2. The number of hydrogen-bond acceptors (Lipinski definition) is 4. The predicted octanol–water partition coefficient (Wildman–Crippen LogP) is 2.61. The summed E-state index contributed by atoms with van der Waals surface area (Å²) in [6.07, 6.45) is -4.09. The van der Waals surface area contributed by atoms with Crippen LogP contribution in [0, 0.1) is 6.92 Å². The van der Waals surface area contributed by atoms with Crippen molar-refractivity contribution < 1.29 is 22.8 Å². The lowest BCUT2D eigenvalue weighted by Gasteiger charge is -2.34. The van der Waals surface area contributed by atoms with Gasteiger partial charge in [-0.25, -0.2) is 0 Å². The minimum absolute atomic E-state index is 0.151. The molecular weight excluding hydrogens is 449 g/mol. The molecule has 11 heteroatoms. The molecule has 7 nitrogen and oxygen atoms in total. The number of hydrogen-bond donors (Lipinski definition) is 1. The van der Waals surface area contributed by atoms with Crippen molar-refractivity contribution in [1.29, 1.82) is 0 Å². The molecule has 1 fully saturated rings. The third-order valence-corrected chi connectivity index (χ3v) is 5.37. The van der Waals surface area contributed by atoms with E-state index in [4.69, 9.17) is 11.6 Å². The molecule has 0 radical (unpaired) electrons. The molecule has 1 N–H and O–H groups in total. The lowest BCUT2D eigenvalue weighted by Crippen LogP contribution is -2.51. The molecule has 0 aliphatic carbocycles. The minimum atomic E-state index is -4.69. The molecule has 0 spiro atoms. The Balaban J connectivity index is 1.53. The normalized spacial score (nSPS) is 15.0. The van der Waals surface area contributed by atoms with Gasteiger partial charge in [0.25, 0.3) is 5.56 Å². The summed E-state index contributed by atoms with van der Waals surface area (Å²) in [5.41, 5.74) is -0.184. The number of carbonyl (C=O) groups excluding carboxylic acids is 2. The Morgan fingerprint density at radius 3 is 2.28 bits per heavy atom. The van der Waals surface area contributed by atoms with E-state index in [1.54, 1.807) is 0 Å². The van der Waals surface area contributed by atoms with E-state index in [2.05, 4.69) is 5.32 Å². The number of rotatable bonds is 5. The summed E-state index contributed by atoms with van der Waals surface area (Å²) < 4.78 is 39.6. The highest BCUT2D eigenvalue weighted by Crippen LogP contribution is 2.29. The van der Waals surface area contributed by atoms with Crippen LogP contribution in [0.2, 0.25) is 5.02 Å². The first-order valence-electron chi connectivity index (χ1n) is 9.87. The number of alkyl halides is 3. The van der Waals surface area contributed by atoms with Crippen LogP contribution < -0.4 is 10.9 Å². The molecular formula is C21H22ClF3N4O3. The summed E-state index contributed by atoms with van der Waals surface area (Å²) >= 11 is 5.62. The smallest absolute Gasteiger partial charge is 0.339 e. The van der Waals surface area contributed by atoms with E-state index in [1.807, 2.05) is 36.1 Å². The Kier molecular flexibility index (Phi) is 7.25. The van der Waals surface area contributed by atoms with E-state index in [9.17, 15) is 27.6 Å². The fraction of sp³-hybridized carbons (Fsp3) is 0.381. The van der Waals surface area contributed by atoms with Crippen LogP contribution in [0.3, 0.4) is 0 Å². The van der Waals surface area contributed by atoms with Crippen LogP contribution in [-0.2, 0) is 22.3 Å². The van der Waals surface area contributed by atoms with Crippen LogP contribution in [0.25, 0.3) is 0 Å². The average Bonchev–Trinajstić information content (AvgIpc) is 2.72. The molecule has 172 valence electrons. The maximum Gasteiger partial charge on any atom is 0.417 e. The minimum Gasteiger partial charge on any atom is -0.339 e. The van der Waals surface area contributed by atoms with Crippen LogP contribution in [0.5, 0.6) is 0 Å². The van der Waals surface area contributed by atoms with Gasteiger partial charge in [0.15, 0.2) is 0 Å². The van der Waals surface area contributed by atoms with E-state index < -0.39 is 34.8 Å². The quantitative estimate of drug-likeness (QED) is 0.729. The number of aromatic nitrogens is 1. The first kappa shape index (κ1) is 23.8. The number of aryl methyl sites for hydroxylation is 1. The van der Waals surface area contributed by atoms with Gasteiger partial charge in [0.2, 0.25) is 11.8 Å². The topological polar surface area (TPSA) is 74.7 Å². The van der Waals surface area contributed by atoms with Crippen molar-refractivity contribution in [2.75, 3.05) is 38.0 Å². The molecule has 2 amide bonds. The summed E-state index contributed by atoms with van der Waals surface area (Å²) in [6, 6.07) is 7.95. The van der Waals surface area contributed by atoms with Crippen molar-refractivity contribution in [3.05, 3.63) is 63.0 Å². The standard InChI is InChI=1S/C21H22ClF3N4O3/c1-14-2-4-16(5-3-14)26-18(30)12-27-6-8-28(9-7-27)19(31)13-29-11-15(21(23,24)25)10-17(22)20(29)32/h2-5,10-11H,6-9,12-13H2,1H3,(H,26,30). The lowest BCUT2D eigenvalue weighted by molar-refractivity contribution is -0.139. The molecule has 2 aromatic rings. The van der Waals surface area contributed by atoms with Crippen molar-refractivity contribution in [2.24, 2.45) is 0 Å². The Morgan fingerprint density at radius 1 is 1.06 bits per heavy atom. The molecule has 0 bridgehead atoms. The van der Waals surface area contributed by atoms with Crippen molar-refractivity contribution in [3.8, 4) is 0 Å². The Hall–Kier alpha value is -2.85. The Labute approximate surface area is 187 Å². The van der Waals surface area contributed by atoms with Crippen LogP contribution in [0.4, 0.5) is 18.9 Å². The molecule has 1 aliphatic heterocycles. The van der Waals surface area contributed by atoms with Gasteiger partial charge in [-0.1, -0.05) is 29.3 Å². The second-order valence-electron chi connectivity index (χ2n) is 7.58. The number of pyridine rings is 1. The van der Waals surface area contributed by atoms with Crippen LogP contribution in [0.15, 0.2) is 41.3 Å². The number of benzene rings is 1. The zero-order chi connectivity index (χ0) is 23.5. The van der Waals surface area contributed by atoms with Gasteiger partial charge < -0.3 is 14.8 Å². The van der Waals surface area contributed by atoms with Crippen LogP contribution in [-0.4, -0.2) is 58.9 Å². The predicted molar refractivity (Wildman–Crippen MR) is 114 cm³/mol. The van der Waals surface area contributed by atoms with Gasteiger partial charge >= 0.3 is 6.18 Å². The van der Waals surface area contributed by atoms with Gasteiger partial charge in [0.05, 0.1) is 12.1 Å². The fourth-order valence-corrected chi connectivity index (χ4v) is 3.54. The highest BCUT2D eigenvalue weighted by Gasteiger charge is 2.32. The second-order valence-corrected chi connectivity index (χ2v) is 7.99. The molecule has 0 unspecified atom stereocenters. The Bertz CT molecular complexity index is 1050. The summed E-state index contributed by atoms with van der Waals surface area (Å²) in [4.78, 5) is 40.1. The third kappa shape index (κ3) is 6.10. The van der Waals surface area contributed by atoms with E-state index in [0.717, 1.165) is 5.56 Å². The summed E-state index contributed by atoms with van der Waals surface area (Å²) in [6.45, 7) is 2.98. The van der Waals surface area contributed by atoms with Gasteiger partial charge in [0.1, 0.15) is 11.6 Å². The largest absolute Gasteiger partial charge is 0.417 e. The maximum atomic E-state index is 13.0. The van der Waals surface area contributed by atoms with Gasteiger partial charge in [-0.2, -0.15) is 13.2 Å². The summed E-state index contributed by atoms with van der Waals surface area (Å²) in [5.74, 6) is -0.676. The van der Waals surface area contributed by atoms with Gasteiger partial charge in [-0.15, -0.1) is 0 Å². The highest BCUT2D eigenvalue weighted by atomic mass is 35.5. The molecule has 0 atom stereocenters. The first-order valence-corrected chi connectivity index (χ1v) is 10.2. The molecule has 0 saturated carbocycles. The monoisotopic (exact) mass is 470 g/mol. The number of carbonyl (C=O) groups is 2. The molecule has 1 saturated heterocycles. The second kappa shape index (κ2) is 9.74. The zero-order valence-corrected chi connectivity index (χ0v) is 18.0. The van der Waals surface area contributed by atoms with Crippen molar-refractivity contribution in [2.45, 2.75) is 19.6 Å². The molecule has 2 heterocycles. The van der Waals surface area contributed by atoms with Crippen LogP contribution >= 0.6 is 11.6 Å². The maximum absolute atomic E-state index is 13.0. The van der Waals surface area contributed by atoms with Gasteiger partial charge in [-0.05, 0) is 25.1 Å². The summed E-state index contributed by atoms with van der Waals surface area (Å²) in [7, 11) is 0. The van der Waals surface area contributed by atoms with Crippen molar-refractivity contribution >= 4 is 29.1 Å². The molecule has 3 rings (SSSR count). The number of nitrogens with one attached hydrogen (secondary N) is 1. The van der Waals surface area contributed by atoms with E-state index in [0.29, 0.717) is 35.6 Å². The molecule has 1 aromatic carbocycles. The Morgan fingerprint density at radius 2 is 1.69 bits per heavy atom. The average molecular weight is 471 g/mol. The molecule has 1 aromatic heterocycles. The third-order valence-electron chi connectivity index (χ3n) is 5.10. The molecule has 1 aliphatic rings. The summed E-state index contributed by atoms with van der Waals surface area (Å²) in [5, 5.41) is 2.21. The van der Waals surface area contributed by atoms with Crippen molar-refractivity contribution in [3.63, 3.8) is 0 Å². The first-order chi connectivity index (χ1) is 15.0. The number of piperazine rings is 1. The molecule has 32 heavy (non-hydrogen) atoms. The zero-order valence-electron chi connectivity index (χ0n) is 17.3. The number of halogens is 4. The fourth-order valence-electron chi connectivity index (χ4n) is 3.31. The van der Waals surface area contributed by atoms with Crippen molar-refractivity contribution in [1.82, 2.24) is 14.4 Å². The van der Waals surface area contributed by atoms with E-state index in [-0.39, 0.29) is 25.5 Å². The van der Waals surface area contributed by atoms with Gasteiger partial charge in [0, 0.05) is 38.1 Å². The van der Waals surface area contributed by atoms with Gasteiger partial charge in [-0.3, -0.25) is 19.3 Å². The number of anilines is 1. The van der Waals surface area contributed by atoms with E-state index in [1.165, 1.54) is 4.90 Å². The SMILES string of the molecule is Cc1ccc(NC(=O)CN2CCN(C(=O)Cn3cc(C(F)(F)F)cc(Cl)c3=O)CC2)cc1. The van der Waals surface area contributed by atoms with Crippen LogP contribution in [0.1, 0.15) is 11.1 Å². The van der Waals surface area contributed by atoms with E-state index >= 15 is 0 Å². The highest BCUT2D eigenvalue weighted by molar-refractivity contribution is 6.30. The lowest BCUT2D eigenvalue weighted by atomic mass is 10.2.